The molecule has 138 valence electrons. The van der Waals surface area contributed by atoms with Crippen molar-refractivity contribution in [1.82, 2.24) is 10.3 Å². The van der Waals surface area contributed by atoms with Gasteiger partial charge in [0.15, 0.2) is 5.43 Å². The number of nitrogens with one attached hydrogen (secondary N) is 2. The third-order valence-electron chi connectivity index (χ3n) is 4.66. The molecule has 0 bridgehead atoms. The fourth-order valence-electron chi connectivity index (χ4n) is 3.42. The summed E-state index contributed by atoms with van der Waals surface area (Å²) in [4.78, 5) is 26.1. The summed E-state index contributed by atoms with van der Waals surface area (Å²) in [5.74, 6) is 5.60. The Kier molecular flexibility index (Phi) is 4.94. The molecule has 3 aromatic rings. The maximum atomic E-state index is 12.0. The van der Waals surface area contributed by atoms with E-state index in [2.05, 4.69) is 46.4 Å². The van der Waals surface area contributed by atoms with Crippen LogP contribution in [0.1, 0.15) is 22.7 Å². The van der Waals surface area contributed by atoms with E-state index in [9.17, 15) is 9.59 Å². The van der Waals surface area contributed by atoms with Crippen molar-refractivity contribution in [3.05, 3.63) is 93.9 Å². The summed E-state index contributed by atoms with van der Waals surface area (Å²) in [6.07, 6.45) is 1.02. The van der Waals surface area contributed by atoms with Crippen molar-refractivity contribution in [3.63, 3.8) is 0 Å². The van der Waals surface area contributed by atoms with E-state index in [1.807, 2.05) is 24.3 Å². The van der Waals surface area contributed by atoms with Crippen molar-refractivity contribution in [2.75, 3.05) is 13.2 Å². The molecule has 0 atom stereocenters. The summed E-state index contributed by atoms with van der Waals surface area (Å²) in [7, 11) is 0. The number of benzene rings is 2. The number of pyridine rings is 1. The third kappa shape index (κ3) is 3.67. The molecule has 0 fully saturated rings. The average molecular weight is 370 g/mol. The largest absolute Gasteiger partial charge is 0.449 e. The van der Waals surface area contributed by atoms with Gasteiger partial charge in [0.2, 0.25) is 0 Å². The highest BCUT2D eigenvalue weighted by molar-refractivity contribution is 5.79. The van der Waals surface area contributed by atoms with E-state index in [0.29, 0.717) is 5.69 Å². The van der Waals surface area contributed by atoms with E-state index in [4.69, 9.17) is 4.74 Å². The van der Waals surface area contributed by atoms with Gasteiger partial charge in [-0.15, -0.1) is 0 Å². The van der Waals surface area contributed by atoms with Crippen LogP contribution in [-0.2, 0) is 4.74 Å². The van der Waals surface area contributed by atoms with Crippen LogP contribution in [0.2, 0.25) is 0 Å². The second-order valence-corrected chi connectivity index (χ2v) is 6.42. The van der Waals surface area contributed by atoms with Crippen molar-refractivity contribution >= 4 is 6.09 Å². The molecule has 0 saturated carbocycles. The number of alkyl carbamates (subject to hydrolysis) is 1. The van der Waals surface area contributed by atoms with Crippen LogP contribution in [0.25, 0.3) is 11.1 Å². The second-order valence-electron chi connectivity index (χ2n) is 6.42. The Morgan fingerprint density at radius 2 is 1.71 bits per heavy atom. The molecule has 1 aromatic heterocycles. The average Bonchev–Trinajstić information content (AvgIpc) is 3.04. The Morgan fingerprint density at radius 3 is 2.39 bits per heavy atom. The van der Waals surface area contributed by atoms with Gasteiger partial charge in [0, 0.05) is 24.2 Å². The highest BCUT2D eigenvalue weighted by atomic mass is 16.5. The molecule has 0 unspecified atom stereocenters. The number of hydrogen-bond acceptors (Lipinski definition) is 3. The highest BCUT2D eigenvalue weighted by Crippen LogP contribution is 2.44. The summed E-state index contributed by atoms with van der Waals surface area (Å²) in [5, 5.41) is 2.61. The van der Waals surface area contributed by atoms with Crippen LogP contribution in [0.15, 0.2) is 71.7 Å². The number of aromatic nitrogens is 1. The van der Waals surface area contributed by atoms with Crippen molar-refractivity contribution < 1.29 is 9.53 Å². The van der Waals surface area contributed by atoms with Gasteiger partial charge >= 0.3 is 6.09 Å². The molecule has 1 amide bonds. The van der Waals surface area contributed by atoms with Gasteiger partial charge in [-0.2, -0.15) is 0 Å². The Morgan fingerprint density at radius 1 is 1.04 bits per heavy atom. The van der Waals surface area contributed by atoms with Gasteiger partial charge in [-0.05, 0) is 28.2 Å². The predicted molar refractivity (Wildman–Crippen MR) is 107 cm³/mol. The maximum Gasteiger partial charge on any atom is 0.407 e. The first-order valence-electron chi connectivity index (χ1n) is 8.99. The first-order chi connectivity index (χ1) is 13.7. The molecular weight excluding hydrogens is 352 g/mol. The van der Waals surface area contributed by atoms with Crippen LogP contribution in [0.3, 0.4) is 0 Å². The molecule has 0 spiro atoms. The van der Waals surface area contributed by atoms with E-state index in [1.165, 1.54) is 40.6 Å². The molecular formula is C23H18N2O3. The lowest BCUT2D eigenvalue weighted by atomic mass is 9.98. The van der Waals surface area contributed by atoms with Gasteiger partial charge < -0.3 is 15.0 Å². The van der Waals surface area contributed by atoms with Crippen molar-refractivity contribution in [2.24, 2.45) is 0 Å². The normalized spacial score (nSPS) is 11.7. The van der Waals surface area contributed by atoms with Crippen LogP contribution in [0.4, 0.5) is 4.79 Å². The van der Waals surface area contributed by atoms with Gasteiger partial charge in [0.1, 0.15) is 6.61 Å². The number of rotatable bonds is 3. The molecule has 1 heterocycles. The monoisotopic (exact) mass is 370 g/mol. The smallest absolute Gasteiger partial charge is 0.407 e. The molecule has 1 aliphatic rings. The summed E-state index contributed by atoms with van der Waals surface area (Å²) in [6, 6.07) is 19.2. The molecule has 2 N–H and O–H groups in total. The van der Waals surface area contributed by atoms with Crippen molar-refractivity contribution in [2.45, 2.75) is 5.92 Å². The van der Waals surface area contributed by atoms with Crippen molar-refractivity contribution in [1.29, 1.82) is 0 Å². The summed E-state index contributed by atoms with van der Waals surface area (Å²) in [5.41, 5.74) is 5.10. The zero-order valence-electron chi connectivity index (χ0n) is 15.1. The lowest BCUT2D eigenvalue weighted by Crippen LogP contribution is -2.26. The van der Waals surface area contributed by atoms with Gasteiger partial charge in [-0.3, -0.25) is 4.79 Å². The minimum absolute atomic E-state index is 0.0265. The lowest BCUT2D eigenvalue weighted by molar-refractivity contribution is 0.144. The van der Waals surface area contributed by atoms with Crippen molar-refractivity contribution in [3.8, 4) is 23.0 Å². The second kappa shape index (κ2) is 7.85. The van der Waals surface area contributed by atoms with Gasteiger partial charge in [-0.25, -0.2) is 4.79 Å². The van der Waals surface area contributed by atoms with E-state index in [1.54, 1.807) is 0 Å². The maximum absolute atomic E-state index is 12.0. The number of carbonyl (C=O) groups is 1. The van der Waals surface area contributed by atoms with Crippen LogP contribution < -0.4 is 10.7 Å². The van der Waals surface area contributed by atoms with Gasteiger partial charge in [-0.1, -0.05) is 54.5 Å². The minimum atomic E-state index is -0.516. The van der Waals surface area contributed by atoms with E-state index in [-0.39, 0.29) is 24.5 Å². The Hall–Kier alpha value is -3.78. The van der Waals surface area contributed by atoms with Crippen LogP contribution in [0.5, 0.6) is 0 Å². The standard InChI is InChI=1S/C23H18N2O3/c26-17-11-13-24-16(14-17)6-5-12-25-23(27)28-15-22-20-9-3-1-7-18(20)19-8-2-4-10-21(19)22/h1-4,7-11,13-14,22H,12,15H2,(H,24,26)(H,25,27). The fourth-order valence-corrected chi connectivity index (χ4v) is 3.42. The molecule has 1 aliphatic carbocycles. The number of H-pyrrole nitrogens is 1. The van der Waals surface area contributed by atoms with Crippen LogP contribution in [0, 0.1) is 11.8 Å². The Bertz CT molecular complexity index is 1090. The van der Waals surface area contributed by atoms with E-state index < -0.39 is 6.09 Å². The SMILES string of the molecule is O=C(NCC#Cc1cc(=O)cc[nH]1)OCC1c2ccccc2-c2ccccc21. The van der Waals surface area contributed by atoms with Gasteiger partial charge in [0.25, 0.3) is 0 Å². The summed E-state index contributed by atoms with van der Waals surface area (Å²) in [6.45, 7) is 0.396. The zero-order valence-corrected chi connectivity index (χ0v) is 15.1. The number of ether oxygens (including phenoxy) is 1. The molecule has 2 aromatic carbocycles. The predicted octanol–water partition coefficient (Wildman–Crippen LogP) is 3.27. The third-order valence-corrected chi connectivity index (χ3v) is 4.66. The van der Waals surface area contributed by atoms with E-state index in [0.717, 1.165) is 0 Å². The number of amides is 1. The highest BCUT2D eigenvalue weighted by Gasteiger charge is 2.28. The molecule has 4 rings (SSSR count). The molecule has 0 saturated heterocycles. The lowest BCUT2D eigenvalue weighted by Gasteiger charge is -2.14. The Labute approximate surface area is 162 Å². The first kappa shape index (κ1) is 17.6. The summed E-state index contributed by atoms with van der Waals surface area (Å²) >= 11 is 0. The molecule has 0 aliphatic heterocycles. The number of aromatic amines is 1. The van der Waals surface area contributed by atoms with Crippen LogP contribution in [-0.4, -0.2) is 24.2 Å². The van der Waals surface area contributed by atoms with Crippen LogP contribution >= 0.6 is 0 Å². The van der Waals surface area contributed by atoms with E-state index >= 15 is 0 Å². The topological polar surface area (TPSA) is 71.2 Å². The Balaban J connectivity index is 1.36. The molecule has 5 heteroatoms. The quantitative estimate of drug-likeness (QED) is 0.695. The number of fused-ring (bicyclic) bond motifs is 3. The zero-order chi connectivity index (χ0) is 19.3. The summed E-state index contributed by atoms with van der Waals surface area (Å²) < 4.78 is 5.44. The molecule has 28 heavy (non-hydrogen) atoms. The molecule has 5 nitrogen and oxygen atoms in total. The number of hydrogen-bond donors (Lipinski definition) is 2. The molecule has 0 radical (unpaired) electrons. The van der Waals surface area contributed by atoms with Gasteiger partial charge in [0.05, 0.1) is 12.2 Å². The number of carbonyl (C=O) groups excluding carboxylic acids is 1. The first-order valence-corrected chi connectivity index (χ1v) is 8.99. The minimum Gasteiger partial charge on any atom is -0.449 e. The fraction of sp³-hybridized carbons (Fsp3) is 0.130.